The van der Waals surface area contributed by atoms with Crippen LogP contribution in [0.15, 0.2) is 0 Å². The molecule has 0 aromatic carbocycles. The van der Waals surface area contributed by atoms with Gasteiger partial charge in [-0.2, -0.15) is 0 Å². The summed E-state index contributed by atoms with van der Waals surface area (Å²) in [6.07, 6.45) is 4.18. The Hall–Kier alpha value is -0.610. The van der Waals surface area contributed by atoms with Crippen LogP contribution in [-0.2, 0) is 4.79 Å². The number of carbonyl (C=O) groups is 1. The van der Waals surface area contributed by atoms with Gasteiger partial charge in [0.05, 0.1) is 0 Å². The Labute approximate surface area is 105 Å². The molecule has 1 fully saturated rings. The number of primary amides is 1. The van der Waals surface area contributed by atoms with Crippen LogP contribution in [0.3, 0.4) is 0 Å². The van der Waals surface area contributed by atoms with E-state index in [0.717, 1.165) is 45.3 Å². The molecule has 1 rings (SSSR count). The van der Waals surface area contributed by atoms with Crippen LogP contribution in [0.5, 0.6) is 0 Å². The predicted octanol–water partition coefficient (Wildman–Crippen LogP) is 0.962. The van der Waals surface area contributed by atoms with Crippen molar-refractivity contribution in [1.82, 2.24) is 10.2 Å². The average Bonchev–Trinajstić information content (AvgIpc) is 2.71. The number of nitrogens with zero attached hydrogens (tertiary/aromatic N) is 1. The minimum Gasteiger partial charge on any atom is -0.368 e. The van der Waals surface area contributed by atoms with Crippen molar-refractivity contribution < 1.29 is 4.79 Å². The quantitative estimate of drug-likeness (QED) is 0.698. The molecule has 2 atom stereocenters. The number of hydrogen-bond donors (Lipinski definition) is 2. The Balaban J connectivity index is 2.65. The van der Waals surface area contributed by atoms with E-state index in [1.807, 2.05) is 6.92 Å². The zero-order chi connectivity index (χ0) is 12.9. The molecule has 1 aliphatic carbocycles. The van der Waals surface area contributed by atoms with Crippen LogP contribution in [0.4, 0.5) is 0 Å². The number of nitrogens with one attached hydrogen (secondary N) is 1. The monoisotopic (exact) mass is 241 g/mol. The van der Waals surface area contributed by atoms with Crippen LogP contribution in [-0.4, -0.2) is 43.0 Å². The van der Waals surface area contributed by atoms with Crippen LogP contribution in [0.25, 0.3) is 0 Å². The van der Waals surface area contributed by atoms with E-state index >= 15 is 0 Å². The maximum Gasteiger partial charge on any atom is 0.238 e. The lowest BCUT2D eigenvalue weighted by atomic mass is 9.83. The van der Waals surface area contributed by atoms with Gasteiger partial charge in [0.2, 0.25) is 5.91 Å². The van der Waals surface area contributed by atoms with Crippen LogP contribution in [0.1, 0.15) is 39.5 Å². The van der Waals surface area contributed by atoms with Crippen molar-refractivity contribution in [3.63, 3.8) is 0 Å². The molecule has 4 nitrogen and oxygen atoms in total. The van der Waals surface area contributed by atoms with Crippen molar-refractivity contribution >= 4 is 5.91 Å². The molecule has 0 aromatic rings. The number of likely N-dealkylation sites (N-methyl/N-ethyl adjacent to an activating group) is 1. The van der Waals surface area contributed by atoms with E-state index in [4.69, 9.17) is 5.73 Å². The topological polar surface area (TPSA) is 58.4 Å². The first-order valence-electron chi connectivity index (χ1n) is 6.80. The lowest BCUT2D eigenvalue weighted by Gasteiger charge is -2.34. The van der Waals surface area contributed by atoms with Gasteiger partial charge in [-0.15, -0.1) is 0 Å². The maximum absolute atomic E-state index is 11.8. The first-order valence-corrected chi connectivity index (χ1v) is 6.80. The second-order valence-electron chi connectivity index (χ2n) is 5.14. The summed E-state index contributed by atoms with van der Waals surface area (Å²) in [5.74, 6) is 0.231. The molecule has 0 bridgehead atoms. The highest BCUT2D eigenvalue weighted by Crippen LogP contribution is 2.37. The van der Waals surface area contributed by atoms with Crippen LogP contribution >= 0.6 is 0 Å². The smallest absolute Gasteiger partial charge is 0.238 e. The molecule has 0 spiro atoms. The first kappa shape index (κ1) is 14.5. The summed E-state index contributed by atoms with van der Waals surface area (Å²) in [5.41, 5.74) is 5.19. The van der Waals surface area contributed by atoms with E-state index in [1.165, 1.54) is 0 Å². The van der Waals surface area contributed by atoms with Crippen molar-refractivity contribution in [3.8, 4) is 0 Å². The first-order chi connectivity index (χ1) is 8.06. The van der Waals surface area contributed by atoms with E-state index in [1.54, 1.807) is 0 Å². The molecule has 0 aromatic heterocycles. The number of hydrogen-bond acceptors (Lipinski definition) is 3. The molecule has 0 heterocycles. The number of carbonyl (C=O) groups excluding carboxylic acids is 1. The van der Waals surface area contributed by atoms with Crippen molar-refractivity contribution in [2.24, 2.45) is 11.7 Å². The lowest BCUT2D eigenvalue weighted by molar-refractivity contribution is -0.126. The highest BCUT2D eigenvalue weighted by atomic mass is 16.1. The van der Waals surface area contributed by atoms with E-state index in [0.29, 0.717) is 5.92 Å². The standard InChI is InChI=1S/C13H27N3O/c1-4-15-13(12(14)17)9-6-7-11(13)8-10-16(3)5-2/h11,15H,4-10H2,1-3H3,(H2,14,17). The lowest BCUT2D eigenvalue weighted by Crippen LogP contribution is -2.58. The van der Waals surface area contributed by atoms with Gasteiger partial charge in [0.25, 0.3) is 0 Å². The highest BCUT2D eigenvalue weighted by Gasteiger charge is 2.46. The Kier molecular flexibility index (Phi) is 5.40. The van der Waals surface area contributed by atoms with Gasteiger partial charge in [-0.3, -0.25) is 4.79 Å². The third kappa shape index (κ3) is 3.19. The molecule has 0 saturated heterocycles. The van der Waals surface area contributed by atoms with Gasteiger partial charge in [0, 0.05) is 0 Å². The summed E-state index contributed by atoms with van der Waals surface area (Å²) in [5, 5.41) is 3.36. The van der Waals surface area contributed by atoms with E-state index in [2.05, 4.69) is 24.2 Å². The molecule has 100 valence electrons. The SMILES string of the molecule is CCNC1(C(N)=O)CCCC1CCN(C)CC. The third-order valence-corrected chi connectivity index (χ3v) is 4.15. The van der Waals surface area contributed by atoms with Crippen molar-refractivity contribution in [3.05, 3.63) is 0 Å². The van der Waals surface area contributed by atoms with E-state index < -0.39 is 5.54 Å². The average molecular weight is 241 g/mol. The molecular weight excluding hydrogens is 214 g/mol. The molecule has 3 N–H and O–H groups in total. The summed E-state index contributed by atoms with van der Waals surface area (Å²) in [6, 6.07) is 0. The minimum atomic E-state index is -0.441. The second kappa shape index (κ2) is 6.36. The molecule has 2 unspecified atom stereocenters. The maximum atomic E-state index is 11.8. The highest BCUT2D eigenvalue weighted by molar-refractivity contribution is 5.85. The number of amides is 1. The summed E-state index contributed by atoms with van der Waals surface area (Å²) in [6.45, 7) is 7.10. The molecule has 1 amide bonds. The number of nitrogens with two attached hydrogens (primary N) is 1. The summed E-state index contributed by atoms with van der Waals surface area (Å²) >= 11 is 0. The summed E-state index contributed by atoms with van der Waals surface area (Å²) in [4.78, 5) is 14.1. The predicted molar refractivity (Wildman–Crippen MR) is 70.7 cm³/mol. The number of rotatable bonds is 7. The molecule has 0 radical (unpaired) electrons. The molecule has 0 aliphatic heterocycles. The molecule has 17 heavy (non-hydrogen) atoms. The zero-order valence-electron chi connectivity index (χ0n) is 11.5. The zero-order valence-corrected chi connectivity index (χ0v) is 11.5. The fourth-order valence-electron chi connectivity index (χ4n) is 2.96. The van der Waals surface area contributed by atoms with Crippen molar-refractivity contribution in [1.29, 1.82) is 0 Å². The second-order valence-corrected chi connectivity index (χ2v) is 5.14. The Morgan fingerprint density at radius 2 is 2.24 bits per heavy atom. The van der Waals surface area contributed by atoms with Crippen molar-refractivity contribution in [2.75, 3.05) is 26.7 Å². The summed E-state index contributed by atoms with van der Waals surface area (Å²) in [7, 11) is 2.12. The molecule has 1 saturated carbocycles. The normalized spacial score (nSPS) is 28.8. The van der Waals surface area contributed by atoms with Gasteiger partial charge in [-0.05, 0) is 51.9 Å². The Bertz CT molecular complexity index is 257. The van der Waals surface area contributed by atoms with Crippen LogP contribution in [0, 0.1) is 5.92 Å². The van der Waals surface area contributed by atoms with Crippen LogP contribution < -0.4 is 11.1 Å². The van der Waals surface area contributed by atoms with Gasteiger partial charge in [-0.1, -0.05) is 20.3 Å². The fourth-order valence-corrected chi connectivity index (χ4v) is 2.96. The molecule has 4 heteroatoms. The Morgan fingerprint density at radius 1 is 1.53 bits per heavy atom. The Morgan fingerprint density at radius 3 is 2.76 bits per heavy atom. The van der Waals surface area contributed by atoms with Gasteiger partial charge >= 0.3 is 0 Å². The van der Waals surface area contributed by atoms with Gasteiger partial charge in [0.15, 0.2) is 0 Å². The van der Waals surface area contributed by atoms with Gasteiger partial charge in [0.1, 0.15) is 5.54 Å². The molecule has 1 aliphatic rings. The minimum absolute atomic E-state index is 0.166. The van der Waals surface area contributed by atoms with Crippen molar-refractivity contribution in [2.45, 2.75) is 45.1 Å². The van der Waals surface area contributed by atoms with Gasteiger partial charge < -0.3 is 16.0 Å². The fraction of sp³-hybridized carbons (Fsp3) is 0.923. The van der Waals surface area contributed by atoms with Crippen LogP contribution in [0.2, 0.25) is 0 Å². The van der Waals surface area contributed by atoms with E-state index in [9.17, 15) is 4.79 Å². The molecular formula is C13H27N3O. The largest absolute Gasteiger partial charge is 0.368 e. The van der Waals surface area contributed by atoms with E-state index in [-0.39, 0.29) is 5.91 Å². The van der Waals surface area contributed by atoms with Gasteiger partial charge in [-0.25, -0.2) is 0 Å². The summed E-state index contributed by atoms with van der Waals surface area (Å²) < 4.78 is 0. The third-order valence-electron chi connectivity index (χ3n) is 4.15.